The second-order valence-electron chi connectivity index (χ2n) is 0.513. The molecule has 0 spiro atoms. The molecule has 0 aromatic heterocycles. The van der Waals surface area contributed by atoms with Crippen molar-refractivity contribution in [2.24, 2.45) is 0 Å². The van der Waals surface area contributed by atoms with Crippen LogP contribution in [0.3, 0.4) is 0 Å². The maximum absolute atomic E-state index is 8.88. The Morgan fingerprint density at radius 3 is 1.14 bits per heavy atom. The Balaban J connectivity index is -0.0000000800. The van der Waals surface area contributed by atoms with Crippen LogP contribution in [0.5, 0.6) is 0 Å². The fourth-order valence-electron chi connectivity index (χ4n) is 0. The van der Waals surface area contributed by atoms with Crippen LogP contribution in [-0.2, 0) is 21.6 Å². The summed E-state index contributed by atoms with van der Waals surface area (Å²) >= 11 is 0. The van der Waals surface area contributed by atoms with Crippen molar-refractivity contribution >= 4 is 7.82 Å². The number of hydrogen-bond donors (Lipinski definition) is 3. The molecule has 0 aliphatic carbocycles. The molecule has 7 heteroatoms. The number of rotatable bonds is 0. The second kappa shape index (κ2) is 5.81. The Bertz CT molecular complexity index is 57.8. The molecule has 3 N–H and O–H groups in total. The number of phosphoric acid groups is 1. The molecule has 0 aliphatic heterocycles. The van der Waals surface area contributed by atoms with Gasteiger partial charge in [-0.05, 0) is 0 Å². The average molecular weight is 392 g/mol. The van der Waals surface area contributed by atoms with Gasteiger partial charge in [-0.2, -0.15) is 0 Å². The molecule has 0 heterocycles. The summed E-state index contributed by atoms with van der Waals surface area (Å²) in [7, 11) is -4.64. The molecule has 0 unspecified atom stereocenters. The molecular formula is H3FeO4PU. The van der Waals surface area contributed by atoms with Gasteiger partial charge in [-0.15, -0.1) is 0 Å². The summed E-state index contributed by atoms with van der Waals surface area (Å²) in [5.74, 6) is 0. The topological polar surface area (TPSA) is 77.8 Å². The largest absolute Gasteiger partial charge is 0.466 e. The molecule has 0 rings (SSSR count). The van der Waals surface area contributed by atoms with Crippen LogP contribution in [0.15, 0.2) is 0 Å². The quantitative estimate of drug-likeness (QED) is 0.368. The monoisotopic (exact) mass is 392 g/mol. The summed E-state index contributed by atoms with van der Waals surface area (Å²) in [5, 5.41) is 0. The predicted molar refractivity (Wildman–Crippen MR) is 14.3 cm³/mol. The molecule has 44 valence electrons. The molecule has 0 amide bonds. The summed E-state index contributed by atoms with van der Waals surface area (Å²) in [6, 6.07) is 0. The molecule has 0 atom stereocenters. The van der Waals surface area contributed by atoms with E-state index in [0.717, 1.165) is 0 Å². The van der Waals surface area contributed by atoms with Crippen LogP contribution in [0.2, 0.25) is 0 Å². The minimum absolute atomic E-state index is 0. The fraction of sp³-hybridized carbons (Fsp3) is 0. The zero-order chi connectivity index (χ0) is 4.50. The van der Waals surface area contributed by atoms with Crippen molar-refractivity contribution in [3.8, 4) is 0 Å². The first-order valence-electron chi connectivity index (χ1n) is 0.783. The first-order chi connectivity index (χ1) is 2.00. The van der Waals surface area contributed by atoms with Crippen molar-refractivity contribution in [3.05, 3.63) is 0 Å². The van der Waals surface area contributed by atoms with Gasteiger partial charge in [-0.1, -0.05) is 0 Å². The summed E-state index contributed by atoms with van der Waals surface area (Å²) in [6.07, 6.45) is 0. The summed E-state index contributed by atoms with van der Waals surface area (Å²) in [4.78, 5) is 21.6. The minimum atomic E-state index is -4.64. The summed E-state index contributed by atoms with van der Waals surface area (Å²) in [6.45, 7) is 0. The zero-order valence-corrected chi connectivity index (χ0v) is 9.21. The summed E-state index contributed by atoms with van der Waals surface area (Å²) < 4.78 is 8.88. The van der Waals surface area contributed by atoms with E-state index in [1.54, 1.807) is 0 Å². The minimum Gasteiger partial charge on any atom is -0.303 e. The molecule has 4 nitrogen and oxygen atoms in total. The van der Waals surface area contributed by atoms with Crippen LogP contribution in [0.25, 0.3) is 0 Å². The molecular weight excluding hydrogens is 389 g/mol. The van der Waals surface area contributed by atoms with Crippen molar-refractivity contribution in [1.29, 1.82) is 0 Å². The van der Waals surface area contributed by atoms with E-state index in [1.807, 2.05) is 0 Å². The van der Waals surface area contributed by atoms with E-state index in [1.165, 1.54) is 0 Å². The third kappa shape index (κ3) is 87.7. The van der Waals surface area contributed by atoms with Crippen molar-refractivity contribution in [2.75, 3.05) is 0 Å². The molecule has 0 saturated heterocycles. The van der Waals surface area contributed by atoms with Gasteiger partial charge in [0, 0.05) is 48.2 Å². The van der Waals surface area contributed by atoms with Crippen molar-refractivity contribution < 1.29 is 67.4 Å². The maximum Gasteiger partial charge on any atom is 0.466 e. The predicted octanol–water partition coefficient (Wildman–Crippen LogP) is -0.931. The van der Waals surface area contributed by atoms with E-state index < -0.39 is 7.82 Å². The molecule has 0 aromatic rings. The van der Waals surface area contributed by atoms with Gasteiger partial charge in [0.25, 0.3) is 0 Å². The Morgan fingerprint density at radius 2 is 1.14 bits per heavy atom. The fourth-order valence-corrected chi connectivity index (χ4v) is 0. The Labute approximate surface area is 74.8 Å². The third-order valence-electron chi connectivity index (χ3n) is 0. The normalized spacial score (nSPS) is 8.43. The Morgan fingerprint density at radius 1 is 1.14 bits per heavy atom. The molecule has 0 radical (unpaired) electrons. The van der Waals surface area contributed by atoms with E-state index in [4.69, 9.17) is 19.2 Å². The second-order valence-corrected chi connectivity index (χ2v) is 1.54. The molecule has 0 saturated carbocycles. The van der Waals surface area contributed by atoms with Gasteiger partial charge in [0.2, 0.25) is 0 Å². The average Bonchev–Trinajstić information content (AvgIpc) is 0.722. The van der Waals surface area contributed by atoms with Gasteiger partial charge in [0.15, 0.2) is 0 Å². The van der Waals surface area contributed by atoms with Crippen molar-refractivity contribution in [3.63, 3.8) is 0 Å². The van der Waals surface area contributed by atoms with Crippen LogP contribution in [0.4, 0.5) is 0 Å². The standard InChI is InChI=1S/Fe.H3O4P.U/c;1-5(2,3)4;/h;(H3,1,2,3,4);. The van der Waals surface area contributed by atoms with E-state index in [2.05, 4.69) is 0 Å². The molecule has 0 aliphatic rings. The molecule has 0 bridgehead atoms. The molecule has 7 heavy (non-hydrogen) atoms. The Hall–Kier alpha value is 1.68. The first-order valence-corrected chi connectivity index (χ1v) is 2.35. The van der Waals surface area contributed by atoms with E-state index in [9.17, 15) is 0 Å². The van der Waals surface area contributed by atoms with Crippen LogP contribution in [-0.4, -0.2) is 14.7 Å². The van der Waals surface area contributed by atoms with Gasteiger partial charge < -0.3 is 14.7 Å². The van der Waals surface area contributed by atoms with E-state index in [-0.39, 0.29) is 48.2 Å². The van der Waals surface area contributed by atoms with Crippen LogP contribution < -0.4 is 0 Å². The molecule has 0 fully saturated rings. The maximum atomic E-state index is 8.88. The zero-order valence-electron chi connectivity index (χ0n) is 3.05. The van der Waals surface area contributed by atoms with Crippen LogP contribution in [0.1, 0.15) is 0 Å². The first kappa shape index (κ1) is 15.9. The van der Waals surface area contributed by atoms with Gasteiger partial charge in [-0.25, -0.2) is 4.57 Å². The van der Waals surface area contributed by atoms with E-state index >= 15 is 0 Å². The smallest absolute Gasteiger partial charge is 0.303 e. The number of hydrogen-bond acceptors (Lipinski definition) is 1. The van der Waals surface area contributed by atoms with E-state index in [0.29, 0.717) is 0 Å². The van der Waals surface area contributed by atoms with Crippen molar-refractivity contribution in [2.45, 2.75) is 0 Å². The van der Waals surface area contributed by atoms with Gasteiger partial charge in [0.1, 0.15) is 0 Å². The van der Waals surface area contributed by atoms with Gasteiger partial charge in [-0.3, -0.25) is 0 Å². The van der Waals surface area contributed by atoms with Crippen molar-refractivity contribution in [1.82, 2.24) is 0 Å². The summed E-state index contributed by atoms with van der Waals surface area (Å²) in [5.41, 5.74) is 0. The SMILES string of the molecule is O=P(O)(O)O.[Fe].[U]. The Kier molecular flexibility index (Phi) is 13.2. The van der Waals surface area contributed by atoms with Crippen LogP contribution >= 0.6 is 7.82 Å². The van der Waals surface area contributed by atoms with Gasteiger partial charge in [0.05, 0.1) is 0 Å². The van der Waals surface area contributed by atoms with Crippen LogP contribution in [0, 0.1) is 31.1 Å². The van der Waals surface area contributed by atoms with Gasteiger partial charge >= 0.3 is 7.82 Å². The third-order valence-corrected chi connectivity index (χ3v) is 0. The molecule has 0 aromatic carbocycles.